The molecule has 0 bridgehead atoms. The summed E-state index contributed by atoms with van der Waals surface area (Å²) in [6.45, 7) is 2.01. The van der Waals surface area contributed by atoms with E-state index in [1.54, 1.807) is 25.2 Å². The van der Waals surface area contributed by atoms with E-state index in [9.17, 15) is 32.3 Å². The third kappa shape index (κ3) is 7.49. The summed E-state index contributed by atoms with van der Waals surface area (Å²) >= 11 is 9.74. The predicted molar refractivity (Wildman–Crippen MR) is 197 cm³/mol. The summed E-state index contributed by atoms with van der Waals surface area (Å²) in [4.78, 5) is 31.0. The second kappa shape index (κ2) is 14.5. The van der Waals surface area contributed by atoms with Gasteiger partial charge in [-0.15, -0.1) is 0 Å². The molecule has 5 aromatic rings. The van der Waals surface area contributed by atoms with E-state index in [4.69, 9.17) is 16.6 Å². The van der Waals surface area contributed by atoms with Gasteiger partial charge in [0.15, 0.2) is 5.82 Å². The quantitative estimate of drug-likeness (QED) is 0.0761. The van der Waals surface area contributed by atoms with Crippen LogP contribution >= 0.6 is 27.5 Å². The Hall–Kier alpha value is -4.92. The van der Waals surface area contributed by atoms with Crippen LogP contribution in [0, 0.1) is 29.4 Å². The summed E-state index contributed by atoms with van der Waals surface area (Å²) in [6.07, 6.45) is -3.43. The Kier molecular flexibility index (Phi) is 10.2. The molecule has 0 aliphatic heterocycles. The highest BCUT2D eigenvalue weighted by Crippen LogP contribution is 2.68. The lowest BCUT2D eigenvalue weighted by molar-refractivity contribution is -0.123. The van der Waals surface area contributed by atoms with Crippen LogP contribution in [0.2, 0.25) is 5.02 Å². The van der Waals surface area contributed by atoms with Gasteiger partial charge in [-0.3, -0.25) is 19.0 Å². The number of fused-ring (bicyclic) bond motifs is 4. The Bertz CT molecular complexity index is 2470. The fourth-order valence-electron chi connectivity index (χ4n) is 7.24. The maximum atomic E-state index is 15.4. The van der Waals surface area contributed by atoms with E-state index in [0.29, 0.717) is 32.8 Å². The SMILES string of the molecule is Cn1nc(NC(=O)CBr)c2c(Cl)ccc(-c3ccc(C#CC(C)(C)O)nc3C(Cc3cc(F)cc(F)c3)NC(=O)Cn3nc(C(F)F)c4c3C(F)(F)[C@@H]3C[C@H]43)c21. The van der Waals surface area contributed by atoms with Crippen molar-refractivity contribution < 1.29 is 41.0 Å². The van der Waals surface area contributed by atoms with E-state index in [0.717, 1.165) is 12.1 Å². The van der Waals surface area contributed by atoms with Crippen LogP contribution in [0.5, 0.6) is 0 Å². The molecule has 56 heavy (non-hydrogen) atoms. The van der Waals surface area contributed by atoms with Gasteiger partial charge in [-0.1, -0.05) is 39.5 Å². The zero-order valence-electron chi connectivity index (χ0n) is 29.7. The average Bonchev–Trinajstić information content (AvgIpc) is 3.65. The molecule has 2 aromatic carbocycles. The number of carbonyl (C=O) groups is 2. The van der Waals surface area contributed by atoms with Gasteiger partial charge in [0.05, 0.1) is 33.0 Å². The highest BCUT2D eigenvalue weighted by molar-refractivity contribution is 9.09. The van der Waals surface area contributed by atoms with Crippen LogP contribution in [0.15, 0.2) is 42.5 Å². The second-order valence-corrected chi connectivity index (χ2v) is 15.2. The maximum Gasteiger partial charge on any atom is 0.293 e. The average molecular weight is 863 g/mol. The summed E-state index contributed by atoms with van der Waals surface area (Å²) in [7, 11) is 1.60. The first kappa shape index (κ1) is 39.3. The Labute approximate surface area is 328 Å². The van der Waals surface area contributed by atoms with Gasteiger partial charge in [0.2, 0.25) is 11.8 Å². The van der Waals surface area contributed by atoms with Crippen molar-refractivity contribution >= 4 is 56.1 Å². The topological polar surface area (TPSA) is 127 Å². The lowest BCUT2D eigenvalue weighted by Crippen LogP contribution is -2.35. The molecule has 3 aromatic heterocycles. The molecule has 18 heteroatoms. The Morgan fingerprint density at radius 3 is 2.43 bits per heavy atom. The van der Waals surface area contributed by atoms with Crippen LogP contribution in [0.25, 0.3) is 22.0 Å². The fraction of sp³-hybridized carbons (Fsp3) is 0.342. The summed E-state index contributed by atoms with van der Waals surface area (Å²) in [5.74, 6) is -3.03. The highest BCUT2D eigenvalue weighted by Gasteiger charge is 2.67. The number of aliphatic hydroxyl groups is 1. The number of aromatic nitrogens is 5. The van der Waals surface area contributed by atoms with Crippen molar-refractivity contribution in [2.45, 2.75) is 63.1 Å². The largest absolute Gasteiger partial charge is 0.378 e. The van der Waals surface area contributed by atoms with Crippen LogP contribution < -0.4 is 10.6 Å². The molecule has 0 spiro atoms. The minimum absolute atomic E-state index is 0.0318. The van der Waals surface area contributed by atoms with Gasteiger partial charge in [0.1, 0.15) is 40.9 Å². The Morgan fingerprint density at radius 1 is 1.07 bits per heavy atom. The van der Waals surface area contributed by atoms with Gasteiger partial charge < -0.3 is 15.7 Å². The molecular weight excluding hydrogens is 832 g/mol. The number of benzene rings is 2. The first-order valence-electron chi connectivity index (χ1n) is 17.2. The van der Waals surface area contributed by atoms with Gasteiger partial charge in [-0.2, -0.15) is 19.0 Å². The lowest BCUT2D eigenvalue weighted by atomic mass is 9.93. The Balaban J connectivity index is 1.38. The molecule has 3 heterocycles. The van der Waals surface area contributed by atoms with Gasteiger partial charge >= 0.3 is 0 Å². The number of aryl methyl sites for hydroxylation is 1. The number of pyridine rings is 1. The lowest BCUT2D eigenvalue weighted by Gasteiger charge is -2.23. The monoisotopic (exact) mass is 861 g/mol. The fourth-order valence-corrected chi connectivity index (χ4v) is 7.62. The minimum Gasteiger partial charge on any atom is -0.378 e. The molecule has 10 nitrogen and oxygen atoms in total. The smallest absolute Gasteiger partial charge is 0.293 e. The number of hydrogen-bond donors (Lipinski definition) is 3. The minimum atomic E-state index is -3.49. The summed E-state index contributed by atoms with van der Waals surface area (Å²) < 4.78 is 90.0. The van der Waals surface area contributed by atoms with Crippen molar-refractivity contribution in [1.82, 2.24) is 29.9 Å². The number of anilines is 1. The van der Waals surface area contributed by atoms with E-state index < -0.39 is 77.2 Å². The third-order valence-corrected chi connectivity index (χ3v) is 10.3. The summed E-state index contributed by atoms with van der Waals surface area (Å²) in [5, 5.41) is 24.5. The van der Waals surface area contributed by atoms with Crippen LogP contribution in [-0.4, -0.2) is 52.4 Å². The number of carbonyl (C=O) groups excluding carboxylic acids is 2. The van der Waals surface area contributed by atoms with Gasteiger partial charge in [0, 0.05) is 35.7 Å². The number of nitrogens with one attached hydrogen (secondary N) is 2. The molecule has 0 saturated heterocycles. The van der Waals surface area contributed by atoms with Crippen molar-refractivity contribution in [3.63, 3.8) is 0 Å². The van der Waals surface area contributed by atoms with Crippen molar-refractivity contribution in [1.29, 1.82) is 0 Å². The zero-order valence-corrected chi connectivity index (χ0v) is 32.0. The predicted octanol–water partition coefficient (Wildman–Crippen LogP) is 7.47. The van der Waals surface area contributed by atoms with Crippen molar-refractivity contribution in [3.05, 3.63) is 93.0 Å². The number of rotatable bonds is 10. The highest BCUT2D eigenvalue weighted by atomic mass is 79.9. The normalized spacial score (nSPS) is 17.3. The molecule has 1 unspecified atom stereocenters. The van der Waals surface area contributed by atoms with Crippen LogP contribution in [0.4, 0.5) is 32.2 Å². The molecule has 1 saturated carbocycles. The van der Waals surface area contributed by atoms with Gasteiger partial charge in [0.25, 0.3) is 12.3 Å². The third-order valence-electron chi connectivity index (χ3n) is 9.52. The zero-order chi connectivity index (χ0) is 40.4. The molecule has 2 aliphatic carbocycles. The van der Waals surface area contributed by atoms with Crippen LogP contribution in [0.1, 0.15) is 72.6 Å². The molecule has 292 valence electrons. The van der Waals surface area contributed by atoms with E-state index in [-0.39, 0.29) is 51.5 Å². The van der Waals surface area contributed by atoms with Gasteiger partial charge in [-0.25, -0.2) is 22.5 Å². The molecule has 0 radical (unpaired) electrons. The molecule has 3 N–H and O–H groups in total. The maximum absolute atomic E-state index is 15.4. The van der Waals surface area contributed by atoms with E-state index >= 15 is 8.78 Å². The molecule has 3 atom stereocenters. The van der Waals surface area contributed by atoms with E-state index in [1.165, 1.54) is 24.6 Å². The van der Waals surface area contributed by atoms with E-state index in [1.807, 2.05) is 0 Å². The van der Waals surface area contributed by atoms with Crippen molar-refractivity contribution in [2.75, 3.05) is 10.6 Å². The number of halogens is 8. The standard InChI is InChI=1S/C38H31BrClF6N7O3/c1-37(2,56)9-8-20-4-5-21(22-6-7-25(40)30-33(22)52(3)51-36(30)49-27(54)15-39)31(47-20)26(12-17-10-18(41)13-19(42)11-17)48-28(55)16-53-34-29(32(50-53)35(43)44)23-14-24(23)38(34,45)46/h4-7,10-11,13,23-24,26,35,56H,12,14-16H2,1-3H3,(H,48,55)(H,49,51,54)/t23-,24+,26?/m0/s1. The first-order valence-corrected chi connectivity index (χ1v) is 18.7. The molecule has 1 fully saturated rings. The van der Waals surface area contributed by atoms with Crippen LogP contribution in [-0.2, 0) is 35.5 Å². The molecule has 2 aliphatic rings. The molecule has 2 amide bonds. The second-order valence-electron chi connectivity index (χ2n) is 14.2. The first-order chi connectivity index (χ1) is 26.4. The molecule has 7 rings (SSSR count). The molecular formula is C38H31BrClF6N7O3. The summed E-state index contributed by atoms with van der Waals surface area (Å²) in [5.41, 5.74) is -1.80. The van der Waals surface area contributed by atoms with Crippen molar-refractivity contribution in [3.8, 4) is 23.0 Å². The number of hydrogen-bond acceptors (Lipinski definition) is 6. The number of alkyl halides is 5. The van der Waals surface area contributed by atoms with E-state index in [2.05, 4.69) is 48.6 Å². The van der Waals surface area contributed by atoms with Gasteiger partial charge in [-0.05, 0) is 74.4 Å². The number of amides is 2. The van der Waals surface area contributed by atoms with Crippen molar-refractivity contribution in [2.24, 2.45) is 13.0 Å². The number of nitrogens with zero attached hydrogens (tertiary/aromatic N) is 5. The Morgan fingerprint density at radius 2 is 1.77 bits per heavy atom. The van der Waals surface area contributed by atoms with Crippen LogP contribution in [0.3, 0.4) is 0 Å². The summed E-state index contributed by atoms with van der Waals surface area (Å²) in [6, 6.07) is 7.81.